The lowest BCUT2D eigenvalue weighted by Crippen LogP contribution is -2.26. The van der Waals surface area contributed by atoms with Gasteiger partial charge in [-0.1, -0.05) is 12.2 Å². The topological polar surface area (TPSA) is 81.7 Å². The average molecular weight is 461 g/mol. The SMILES string of the molecule is C/C=C/c1cc(OC)c(O[C@H](C)[C@H](OC(C)=O)c2cc(OC)c(OC)c(OC)c2)c(OC)c1. The van der Waals surface area contributed by atoms with Crippen molar-refractivity contribution in [3.8, 4) is 34.5 Å². The summed E-state index contributed by atoms with van der Waals surface area (Å²) in [5, 5.41) is 0. The van der Waals surface area contributed by atoms with Gasteiger partial charge in [0.2, 0.25) is 11.5 Å². The van der Waals surface area contributed by atoms with Gasteiger partial charge in [0.1, 0.15) is 6.10 Å². The van der Waals surface area contributed by atoms with E-state index in [0.29, 0.717) is 40.1 Å². The fourth-order valence-corrected chi connectivity index (χ4v) is 3.43. The molecule has 0 aliphatic carbocycles. The molecular weight excluding hydrogens is 428 g/mol. The van der Waals surface area contributed by atoms with Gasteiger partial charge in [-0.3, -0.25) is 4.79 Å². The number of methoxy groups -OCH3 is 5. The minimum Gasteiger partial charge on any atom is -0.493 e. The number of allylic oxidation sites excluding steroid dienone is 1. The first-order chi connectivity index (χ1) is 15.8. The summed E-state index contributed by atoms with van der Waals surface area (Å²) >= 11 is 0. The normalized spacial score (nSPS) is 12.6. The summed E-state index contributed by atoms with van der Waals surface area (Å²) in [4.78, 5) is 12.0. The van der Waals surface area contributed by atoms with Gasteiger partial charge >= 0.3 is 5.97 Å². The van der Waals surface area contributed by atoms with E-state index in [2.05, 4.69) is 0 Å². The van der Waals surface area contributed by atoms with Crippen LogP contribution in [-0.2, 0) is 9.53 Å². The molecule has 8 nitrogen and oxygen atoms in total. The van der Waals surface area contributed by atoms with E-state index < -0.39 is 18.2 Å². The first-order valence-electron chi connectivity index (χ1n) is 10.4. The van der Waals surface area contributed by atoms with Crippen LogP contribution >= 0.6 is 0 Å². The molecule has 0 fully saturated rings. The van der Waals surface area contributed by atoms with E-state index in [-0.39, 0.29) is 0 Å². The highest BCUT2D eigenvalue weighted by Crippen LogP contribution is 2.44. The van der Waals surface area contributed by atoms with Gasteiger partial charge in [0.25, 0.3) is 0 Å². The molecule has 0 saturated carbocycles. The maximum Gasteiger partial charge on any atom is 0.303 e. The second kappa shape index (κ2) is 11.9. The molecule has 0 amide bonds. The lowest BCUT2D eigenvalue weighted by atomic mass is 10.0. The number of hydrogen-bond acceptors (Lipinski definition) is 8. The number of hydrogen-bond donors (Lipinski definition) is 0. The molecule has 180 valence electrons. The van der Waals surface area contributed by atoms with Gasteiger partial charge in [0, 0.05) is 12.5 Å². The predicted octanol–water partition coefficient (Wildman–Crippen LogP) is 4.83. The van der Waals surface area contributed by atoms with E-state index in [4.69, 9.17) is 33.2 Å². The van der Waals surface area contributed by atoms with Crippen LogP contribution in [-0.4, -0.2) is 47.6 Å². The molecule has 8 heteroatoms. The Morgan fingerprint density at radius 1 is 0.788 bits per heavy atom. The van der Waals surface area contributed by atoms with Gasteiger partial charge in [-0.15, -0.1) is 0 Å². The second-order valence-corrected chi connectivity index (χ2v) is 7.07. The van der Waals surface area contributed by atoms with Crippen molar-refractivity contribution in [2.24, 2.45) is 0 Å². The molecule has 0 spiro atoms. The van der Waals surface area contributed by atoms with Crippen LogP contribution in [0.5, 0.6) is 34.5 Å². The number of esters is 1. The first-order valence-corrected chi connectivity index (χ1v) is 10.4. The van der Waals surface area contributed by atoms with Crippen molar-refractivity contribution in [1.29, 1.82) is 0 Å². The predicted molar refractivity (Wildman–Crippen MR) is 125 cm³/mol. The zero-order valence-corrected chi connectivity index (χ0v) is 20.4. The molecule has 0 unspecified atom stereocenters. The molecule has 0 heterocycles. The van der Waals surface area contributed by atoms with Crippen molar-refractivity contribution in [3.63, 3.8) is 0 Å². The molecule has 2 aromatic carbocycles. The van der Waals surface area contributed by atoms with E-state index in [1.54, 1.807) is 33.3 Å². The molecule has 0 aliphatic heterocycles. The van der Waals surface area contributed by atoms with E-state index >= 15 is 0 Å². The minimum atomic E-state index is -0.791. The number of carbonyl (C=O) groups is 1. The number of carbonyl (C=O) groups excluding carboxylic acids is 1. The molecule has 2 rings (SSSR count). The molecule has 33 heavy (non-hydrogen) atoms. The number of ether oxygens (including phenoxy) is 7. The van der Waals surface area contributed by atoms with Crippen LogP contribution < -0.4 is 28.4 Å². The smallest absolute Gasteiger partial charge is 0.303 e. The van der Waals surface area contributed by atoms with Crippen LogP contribution in [0, 0.1) is 0 Å². The van der Waals surface area contributed by atoms with Crippen LogP contribution in [0.15, 0.2) is 30.3 Å². The van der Waals surface area contributed by atoms with Crippen molar-refractivity contribution in [3.05, 3.63) is 41.5 Å². The summed E-state index contributed by atoms with van der Waals surface area (Å²) in [5.41, 5.74) is 1.50. The zero-order chi connectivity index (χ0) is 24.5. The van der Waals surface area contributed by atoms with Gasteiger partial charge in [0.05, 0.1) is 35.5 Å². The van der Waals surface area contributed by atoms with Gasteiger partial charge in [-0.2, -0.15) is 0 Å². The van der Waals surface area contributed by atoms with Crippen molar-refractivity contribution >= 4 is 12.0 Å². The highest BCUT2D eigenvalue weighted by molar-refractivity contribution is 5.67. The monoisotopic (exact) mass is 460 g/mol. The molecular formula is C25H32O8. The van der Waals surface area contributed by atoms with Crippen LogP contribution in [0.4, 0.5) is 0 Å². The maximum atomic E-state index is 12.0. The molecule has 0 radical (unpaired) electrons. The Morgan fingerprint density at radius 3 is 1.67 bits per heavy atom. The highest BCUT2D eigenvalue weighted by Gasteiger charge is 2.29. The van der Waals surface area contributed by atoms with Crippen molar-refractivity contribution in [2.75, 3.05) is 35.5 Å². The fourth-order valence-electron chi connectivity index (χ4n) is 3.43. The molecule has 0 saturated heterocycles. The molecule has 2 aromatic rings. The van der Waals surface area contributed by atoms with Crippen LogP contribution in [0.3, 0.4) is 0 Å². The Morgan fingerprint density at radius 2 is 1.27 bits per heavy atom. The first kappa shape index (κ1) is 25.7. The third-order valence-corrected chi connectivity index (χ3v) is 4.88. The van der Waals surface area contributed by atoms with Crippen LogP contribution in [0.25, 0.3) is 6.08 Å². The van der Waals surface area contributed by atoms with Crippen LogP contribution in [0.1, 0.15) is 38.0 Å². The summed E-state index contributed by atoms with van der Waals surface area (Å²) in [6.45, 7) is 5.05. The van der Waals surface area contributed by atoms with Crippen LogP contribution in [0.2, 0.25) is 0 Å². The van der Waals surface area contributed by atoms with E-state index in [1.807, 2.05) is 31.2 Å². The Bertz CT molecular complexity index is 932. The minimum absolute atomic E-state index is 0.394. The number of rotatable bonds is 11. The largest absolute Gasteiger partial charge is 0.493 e. The lowest BCUT2D eigenvalue weighted by molar-refractivity contribution is -0.151. The molecule has 0 N–H and O–H groups in total. The number of benzene rings is 2. The standard InChI is InChI=1S/C25H32O8/c1-9-10-17-11-19(27-4)25(20(12-17)28-5)32-15(2)23(33-16(3)26)18-13-21(29-6)24(31-8)22(14-18)30-7/h9-15,23H,1-8H3/b10-9+/t15-,23+/m1/s1. The van der Waals surface area contributed by atoms with Gasteiger partial charge in [-0.05, 0) is 43.7 Å². The summed E-state index contributed by atoms with van der Waals surface area (Å²) in [7, 11) is 7.65. The second-order valence-electron chi connectivity index (χ2n) is 7.07. The van der Waals surface area contributed by atoms with Gasteiger partial charge in [0.15, 0.2) is 29.1 Å². The molecule has 0 aliphatic rings. The highest BCUT2D eigenvalue weighted by atomic mass is 16.6. The van der Waals surface area contributed by atoms with E-state index in [9.17, 15) is 4.79 Å². The zero-order valence-electron chi connectivity index (χ0n) is 20.4. The summed E-state index contributed by atoms with van der Waals surface area (Å²) in [6, 6.07) is 7.12. The lowest BCUT2D eigenvalue weighted by Gasteiger charge is -2.27. The Labute approximate surface area is 194 Å². The van der Waals surface area contributed by atoms with Crippen molar-refractivity contribution in [2.45, 2.75) is 33.0 Å². The maximum absolute atomic E-state index is 12.0. The van der Waals surface area contributed by atoms with Gasteiger partial charge < -0.3 is 33.2 Å². The quantitative estimate of drug-likeness (QED) is 0.441. The summed E-state index contributed by atoms with van der Waals surface area (Å²) in [6.07, 6.45) is 2.42. The third kappa shape index (κ3) is 6.03. The Balaban J connectivity index is 2.54. The van der Waals surface area contributed by atoms with Crippen molar-refractivity contribution < 1.29 is 38.0 Å². The summed E-state index contributed by atoms with van der Waals surface area (Å²) < 4.78 is 39.3. The Kier molecular flexibility index (Phi) is 9.27. The van der Waals surface area contributed by atoms with Gasteiger partial charge in [-0.25, -0.2) is 0 Å². The average Bonchev–Trinajstić information content (AvgIpc) is 2.81. The fraction of sp³-hybridized carbons (Fsp3) is 0.400. The third-order valence-electron chi connectivity index (χ3n) is 4.88. The van der Waals surface area contributed by atoms with E-state index in [1.165, 1.54) is 28.3 Å². The molecule has 2 atom stereocenters. The molecule has 0 aromatic heterocycles. The summed E-state index contributed by atoms with van der Waals surface area (Å²) in [5.74, 6) is 2.20. The molecule has 0 bridgehead atoms. The Hall–Kier alpha value is -3.55. The van der Waals surface area contributed by atoms with Crippen molar-refractivity contribution in [1.82, 2.24) is 0 Å². The van der Waals surface area contributed by atoms with E-state index in [0.717, 1.165) is 5.56 Å².